The number of nitrogens with two attached hydrogens (primary N) is 1. The quantitative estimate of drug-likeness (QED) is 0.649. The number of carbonyl (C=O) groups is 1. The lowest BCUT2D eigenvalue weighted by atomic mass is 10.2. The number of morpholine rings is 1. The molecule has 0 radical (unpaired) electrons. The van der Waals surface area contributed by atoms with Crippen LogP contribution in [0.15, 0.2) is 6.20 Å². The maximum absolute atomic E-state index is 12.2. The predicted octanol–water partition coefficient (Wildman–Crippen LogP) is -1.93. The Morgan fingerprint density at radius 1 is 1.67 bits per heavy atom. The van der Waals surface area contributed by atoms with Gasteiger partial charge in [0.1, 0.15) is 0 Å². The number of aliphatic hydroxyl groups excluding tert-OH is 1. The Balaban J connectivity index is 2.08. The average molecular weight is 255 g/mol. The first-order chi connectivity index (χ1) is 8.76. The second kappa shape index (κ2) is 5.89. The molecule has 1 aliphatic heterocycles. The number of amides is 1. The second-order valence-electron chi connectivity index (χ2n) is 4.07. The summed E-state index contributed by atoms with van der Waals surface area (Å²) in [5, 5.41) is 16.9. The highest BCUT2D eigenvalue weighted by Gasteiger charge is 2.29. The minimum absolute atomic E-state index is 0.122. The number of nitrogens with zero attached hydrogens (tertiary/aromatic N) is 4. The largest absolute Gasteiger partial charge is 0.394 e. The second-order valence-corrected chi connectivity index (χ2v) is 4.07. The molecule has 1 fully saturated rings. The Morgan fingerprint density at radius 2 is 2.50 bits per heavy atom. The molecule has 1 atom stereocenters. The van der Waals surface area contributed by atoms with E-state index in [-0.39, 0.29) is 24.2 Å². The lowest BCUT2D eigenvalue weighted by Crippen LogP contribution is -2.50. The van der Waals surface area contributed by atoms with Gasteiger partial charge in [-0.3, -0.25) is 9.48 Å². The molecule has 3 N–H and O–H groups in total. The molecule has 1 aromatic rings. The van der Waals surface area contributed by atoms with E-state index in [4.69, 9.17) is 10.5 Å². The molecule has 8 heteroatoms. The summed E-state index contributed by atoms with van der Waals surface area (Å²) >= 11 is 0. The van der Waals surface area contributed by atoms with Gasteiger partial charge >= 0.3 is 0 Å². The van der Waals surface area contributed by atoms with Crippen molar-refractivity contribution < 1.29 is 14.6 Å². The van der Waals surface area contributed by atoms with E-state index >= 15 is 0 Å². The van der Waals surface area contributed by atoms with E-state index in [1.54, 1.807) is 11.1 Å². The van der Waals surface area contributed by atoms with Crippen molar-refractivity contribution in [2.75, 3.05) is 32.9 Å². The molecule has 0 aliphatic carbocycles. The van der Waals surface area contributed by atoms with Crippen molar-refractivity contribution in [2.24, 2.45) is 5.73 Å². The van der Waals surface area contributed by atoms with Crippen LogP contribution in [0.4, 0.5) is 0 Å². The normalized spacial score (nSPS) is 20.1. The minimum atomic E-state index is -0.314. The van der Waals surface area contributed by atoms with E-state index in [2.05, 4.69) is 10.3 Å². The van der Waals surface area contributed by atoms with Crippen molar-refractivity contribution in [3.05, 3.63) is 11.9 Å². The maximum Gasteiger partial charge on any atom is 0.276 e. The SMILES string of the molecule is NCCn1cc(C(=O)N2CCOCC2CO)nn1. The van der Waals surface area contributed by atoms with Crippen LogP contribution in [-0.4, -0.2) is 69.9 Å². The van der Waals surface area contributed by atoms with Crippen LogP contribution < -0.4 is 5.73 Å². The average Bonchev–Trinajstić information content (AvgIpc) is 2.87. The molecular formula is C10H17N5O3. The zero-order valence-electron chi connectivity index (χ0n) is 10.0. The smallest absolute Gasteiger partial charge is 0.276 e. The Kier molecular flexibility index (Phi) is 4.24. The Morgan fingerprint density at radius 3 is 3.22 bits per heavy atom. The van der Waals surface area contributed by atoms with Crippen LogP contribution in [0.3, 0.4) is 0 Å². The first kappa shape index (κ1) is 12.9. The first-order valence-corrected chi connectivity index (χ1v) is 5.86. The molecule has 0 bridgehead atoms. The highest BCUT2D eigenvalue weighted by Crippen LogP contribution is 2.10. The predicted molar refractivity (Wildman–Crippen MR) is 61.8 cm³/mol. The lowest BCUT2D eigenvalue weighted by Gasteiger charge is -2.33. The number of rotatable bonds is 4. The van der Waals surface area contributed by atoms with Crippen LogP contribution in [0.5, 0.6) is 0 Å². The number of aromatic nitrogens is 3. The van der Waals surface area contributed by atoms with Gasteiger partial charge in [0.25, 0.3) is 5.91 Å². The van der Waals surface area contributed by atoms with Gasteiger partial charge in [-0.25, -0.2) is 0 Å². The molecule has 0 spiro atoms. The minimum Gasteiger partial charge on any atom is -0.394 e. The van der Waals surface area contributed by atoms with Crippen LogP contribution in [-0.2, 0) is 11.3 Å². The van der Waals surface area contributed by atoms with E-state index in [0.717, 1.165) is 0 Å². The van der Waals surface area contributed by atoms with Crippen LogP contribution in [0.25, 0.3) is 0 Å². The van der Waals surface area contributed by atoms with E-state index < -0.39 is 0 Å². The Hall–Kier alpha value is -1.51. The van der Waals surface area contributed by atoms with Crippen LogP contribution in [0.2, 0.25) is 0 Å². The van der Waals surface area contributed by atoms with Gasteiger partial charge in [-0.2, -0.15) is 0 Å². The highest BCUT2D eigenvalue weighted by molar-refractivity contribution is 5.92. The molecule has 2 heterocycles. The van der Waals surface area contributed by atoms with Crippen LogP contribution in [0, 0.1) is 0 Å². The Bertz CT molecular complexity index is 408. The molecular weight excluding hydrogens is 238 g/mol. The fourth-order valence-corrected chi connectivity index (χ4v) is 1.86. The van der Waals surface area contributed by atoms with Gasteiger partial charge in [0.15, 0.2) is 5.69 Å². The summed E-state index contributed by atoms with van der Waals surface area (Å²) in [5.41, 5.74) is 5.67. The molecule has 2 rings (SSSR count). The topological polar surface area (TPSA) is 106 Å². The summed E-state index contributed by atoms with van der Waals surface area (Å²) in [7, 11) is 0. The van der Waals surface area contributed by atoms with Crippen molar-refractivity contribution in [3.63, 3.8) is 0 Å². The number of hydrogen-bond acceptors (Lipinski definition) is 6. The molecule has 0 aromatic carbocycles. The standard InChI is InChI=1S/C10H17N5O3/c11-1-2-14-5-9(12-13-14)10(17)15-3-4-18-7-8(15)6-16/h5,8,16H,1-4,6-7,11H2. The fourth-order valence-electron chi connectivity index (χ4n) is 1.86. The molecule has 100 valence electrons. The molecule has 0 saturated carbocycles. The van der Waals surface area contributed by atoms with E-state index in [1.165, 1.54) is 4.68 Å². The number of hydrogen-bond donors (Lipinski definition) is 2. The molecule has 18 heavy (non-hydrogen) atoms. The summed E-state index contributed by atoms with van der Waals surface area (Å²) in [4.78, 5) is 13.8. The number of aliphatic hydroxyl groups is 1. The third-order valence-corrected chi connectivity index (χ3v) is 2.82. The lowest BCUT2D eigenvalue weighted by molar-refractivity contribution is -0.0186. The van der Waals surface area contributed by atoms with Crippen molar-refractivity contribution >= 4 is 5.91 Å². The zero-order valence-corrected chi connectivity index (χ0v) is 10.0. The van der Waals surface area contributed by atoms with Crippen molar-refractivity contribution in [2.45, 2.75) is 12.6 Å². The summed E-state index contributed by atoms with van der Waals surface area (Å²) in [5.74, 6) is -0.236. The molecule has 1 aliphatic rings. The number of ether oxygens (including phenoxy) is 1. The summed E-state index contributed by atoms with van der Waals surface area (Å²) in [6.07, 6.45) is 1.57. The van der Waals surface area contributed by atoms with Gasteiger partial charge < -0.3 is 20.5 Å². The Labute approximate surface area is 104 Å². The molecule has 8 nitrogen and oxygen atoms in total. The van der Waals surface area contributed by atoms with Crippen LogP contribution in [0.1, 0.15) is 10.5 Å². The fraction of sp³-hybridized carbons (Fsp3) is 0.700. The zero-order chi connectivity index (χ0) is 13.0. The maximum atomic E-state index is 12.2. The molecule has 1 saturated heterocycles. The van der Waals surface area contributed by atoms with Gasteiger partial charge in [0.05, 0.1) is 38.6 Å². The molecule has 1 unspecified atom stereocenters. The van der Waals surface area contributed by atoms with E-state index in [0.29, 0.717) is 32.8 Å². The molecule has 1 amide bonds. The van der Waals surface area contributed by atoms with Crippen molar-refractivity contribution in [3.8, 4) is 0 Å². The number of carbonyl (C=O) groups excluding carboxylic acids is 1. The van der Waals surface area contributed by atoms with Gasteiger partial charge in [-0.1, -0.05) is 5.21 Å². The highest BCUT2D eigenvalue weighted by atomic mass is 16.5. The van der Waals surface area contributed by atoms with Gasteiger partial charge in [0, 0.05) is 13.1 Å². The molecule has 1 aromatic heterocycles. The van der Waals surface area contributed by atoms with Gasteiger partial charge in [-0.05, 0) is 0 Å². The van der Waals surface area contributed by atoms with Crippen molar-refractivity contribution in [1.29, 1.82) is 0 Å². The summed E-state index contributed by atoms with van der Waals surface area (Å²) in [6, 6.07) is -0.314. The third-order valence-electron chi connectivity index (χ3n) is 2.82. The van der Waals surface area contributed by atoms with E-state index in [9.17, 15) is 9.90 Å². The van der Waals surface area contributed by atoms with E-state index in [1.807, 2.05) is 0 Å². The van der Waals surface area contributed by atoms with Gasteiger partial charge in [0.2, 0.25) is 0 Å². The summed E-state index contributed by atoms with van der Waals surface area (Å²) < 4.78 is 6.75. The third kappa shape index (κ3) is 2.66. The van der Waals surface area contributed by atoms with Crippen LogP contribution >= 0.6 is 0 Å². The monoisotopic (exact) mass is 255 g/mol. The summed E-state index contributed by atoms with van der Waals surface area (Å²) in [6.45, 7) is 2.11. The van der Waals surface area contributed by atoms with Crippen molar-refractivity contribution in [1.82, 2.24) is 19.9 Å². The van der Waals surface area contributed by atoms with Gasteiger partial charge in [-0.15, -0.1) is 5.10 Å². The first-order valence-electron chi connectivity index (χ1n) is 5.86.